The molecule has 148 valence electrons. The molecule has 1 N–H and O–H groups in total. The fourth-order valence-corrected chi connectivity index (χ4v) is 5.00. The van der Waals surface area contributed by atoms with Crippen molar-refractivity contribution < 1.29 is 9.47 Å². The fourth-order valence-electron chi connectivity index (χ4n) is 4.23. The summed E-state index contributed by atoms with van der Waals surface area (Å²) in [7, 11) is 1.68. The van der Waals surface area contributed by atoms with Crippen LogP contribution < -0.4 is 14.8 Å². The summed E-state index contributed by atoms with van der Waals surface area (Å²) in [4.78, 5) is 5.61. The van der Waals surface area contributed by atoms with Crippen molar-refractivity contribution in [1.82, 2.24) is 14.8 Å². The van der Waals surface area contributed by atoms with Gasteiger partial charge in [0.25, 0.3) is 0 Å². The Morgan fingerprint density at radius 3 is 2.90 bits per heavy atom. The molecule has 4 heterocycles. The highest BCUT2D eigenvalue weighted by Crippen LogP contribution is 2.51. The van der Waals surface area contributed by atoms with Crippen LogP contribution in [-0.4, -0.2) is 21.9 Å². The van der Waals surface area contributed by atoms with E-state index in [9.17, 15) is 0 Å². The maximum Gasteiger partial charge on any atom is 0.226 e. The molecule has 0 amide bonds. The smallest absolute Gasteiger partial charge is 0.226 e. The minimum atomic E-state index is -0.226. The van der Waals surface area contributed by atoms with Gasteiger partial charge < -0.3 is 14.8 Å². The molecule has 0 aliphatic carbocycles. The van der Waals surface area contributed by atoms with Crippen LogP contribution in [0.4, 0.5) is 5.95 Å². The minimum Gasteiger partial charge on any atom is -0.497 e. The van der Waals surface area contributed by atoms with Crippen LogP contribution in [0.15, 0.2) is 77.9 Å². The summed E-state index contributed by atoms with van der Waals surface area (Å²) in [6.07, 6.45) is 1.36. The van der Waals surface area contributed by atoms with Crippen molar-refractivity contribution in [2.45, 2.75) is 12.1 Å². The van der Waals surface area contributed by atoms with E-state index >= 15 is 0 Å². The second-order valence-corrected chi connectivity index (χ2v) is 8.15. The number of hydrogen-bond acceptors (Lipinski definition) is 6. The van der Waals surface area contributed by atoms with Gasteiger partial charge in [-0.05, 0) is 41.3 Å². The van der Waals surface area contributed by atoms with Crippen LogP contribution in [0.5, 0.6) is 11.5 Å². The third-order valence-corrected chi connectivity index (χ3v) is 6.45. The highest BCUT2D eigenvalue weighted by atomic mass is 32.1. The number of anilines is 1. The SMILES string of the molecule is COc1cccc([C@@H]2C3=C(Nc4ncnn42)c2ccccc2O[C@@H]3c2cccs2)c1. The zero-order valence-corrected chi connectivity index (χ0v) is 17.0. The monoisotopic (exact) mass is 414 g/mol. The summed E-state index contributed by atoms with van der Waals surface area (Å²) in [5.41, 5.74) is 4.24. The maximum absolute atomic E-state index is 6.57. The van der Waals surface area contributed by atoms with Gasteiger partial charge in [-0.15, -0.1) is 11.3 Å². The molecule has 6 rings (SSSR count). The Balaban J connectivity index is 1.63. The molecular weight excluding hydrogens is 396 g/mol. The lowest BCUT2D eigenvalue weighted by Gasteiger charge is -2.38. The Kier molecular flexibility index (Phi) is 3.89. The quantitative estimate of drug-likeness (QED) is 0.516. The Morgan fingerprint density at radius 1 is 1.10 bits per heavy atom. The second kappa shape index (κ2) is 6.74. The normalized spacial score (nSPS) is 19.2. The molecule has 4 aromatic rings. The van der Waals surface area contributed by atoms with Crippen LogP contribution >= 0.6 is 11.3 Å². The van der Waals surface area contributed by atoms with Crippen molar-refractivity contribution >= 4 is 23.0 Å². The van der Waals surface area contributed by atoms with E-state index in [2.05, 4.69) is 51.1 Å². The average Bonchev–Trinajstić information content (AvgIpc) is 3.49. The van der Waals surface area contributed by atoms with Gasteiger partial charge in [-0.3, -0.25) is 0 Å². The number of thiophene rings is 1. The van der Waals surface area contributed by atoms with Gasteiger partial charge in [0.2, 0.25) is 5.95 Å². The van der Waals surface area contributed by atoms with E-state index in [1.165, 1.54) is 0 Å². The van der Waals surface area contributed by atoms with Crippen molar-refractivity contribution in [3.05, 3.63) is 93.9 Å². The summed E-state index contributed by atoms with van der Waals surface area (Å²) >= 11 is 1.69. The molecular formula is C23H18N4O2S. The van der Waals surface area contributed by atoms with Gasteiger partial charge in [-0.2, -0.15) is 10.1 Å². The third kappa shape index (κ3) is 2.55. The van der Waals surface area contributed by atoms with Crippen molar-refractivity contribution in [2.75, 3.05) is 12.4 Å². The predicted octanol–water partition coefficient (Wildman–Crippen LogP) is 4.91. The Bertz CT molecular complexity index is 1260. The van der Waals surface area contributed by atoms with Crippen LogP contribution in [0.2, 0.25) is 0 Å². The first-order chi connectivity index (χ1) is 14.8. The second-order valence-electron chi connectivity index (χ2n) is 7.17. The first-order valence-corrected chi connectivity index (χ1v) is 10.6. The first-order valence-electron chi connectivity index (χ1n) is 9.67. The third-order valence-electron chi connectivity index (χ3n) is 5.53. The number of methoxy groups -OCH3 is 1. The Hall–Kier alpha value is -3.58. The molecule has 2 aliphatic heterocycles. The van der Waals surface area contributed by atoms with E-state index in [0.29, 0.717) is 5.95 Å². The summed E-state index contributed by atoms with van der Waals surface area (Å²) in [5, 5.41) is 10.1. The highest BCUT2D eigenvalue weighted by molar-refractivity contribution is 7.10. The maximum atomic E-state index is 6.57. The molecule has 2 atom stereocenters. The number of aromatic nitrogens is 3. The van der Waals surface area contributed by atoms with Crippen LogP contribution in [0.3, 0.4) is 0 Å². The molecule has 2 aromatic heterocycles. The van der Waals surface area contributed by atoms with Crippen LogP contribution in [0, 0.1) is 0 Å². The van der Waals surface area contributed by atoms with Crippen LogP contribution in [-0.2, 0) is 0 Å². The van der Waals surface area contributed by atoms with Crippen molar-refractivity contribution in [3.8, 4) is 11.5 Å². The van der Waals surface area contributed by atoms with Crippen LogP contribution in [0.25, 0.3) is 5.70 Å². The summed E-state index contributed by atoms with van der Waals surface area (Å²) in [5.74, 6) is 2.38. The molecule has 2 aromatic carbocycles. The van der Waals surface area contributed by atoms with E-state index in [4.69, 9.17) is 9.47 Å². The van der Waals surface area contributed by atoms with Gasteiger partial charge in [0.15, 0.2) is 6.10 Å². The van der Waals surface area contributed by atoms with E-state index in [1.54, 1.807) is 24.8 Å². The standard InChI is InChI=1S/C23H18N4O2S/c1-28-15-7-4-6-14(12-15)21-19-20(26-23-24-13-25-27(21)23)16-8-2-3-9-17(16)29-22(19)18-10-5-11-30-18/h2-13,21-22H,1H3,(H,24,25,26)/t21-,22-/m1/s1. The van der Waals surface area contributed by atoms with Crippen LogP contribution in [0.1, 0.15) is 28.1 Å². The van der Waals surface area contributed by atoms with E-state index in [1.807, 2.05) is 35.0 Å². The number of rotatable bonds is 3. The largest absolute Gasteiger partial charge is 0.497 e. The molecule has 7 heteroatoms. The van der Waals surface area contributed by atoms with Crippen molar-refractivity contribution in [1.29, 1.82) is 0 Å². The summed E-state index contributed by atoms with van der Waals surface area (Å²) in [6, 6.07) is 20.2. The van der Waals surface area contributed by atoms with E-state index in [0.717, 1.165) is 38.8 Å². The van der Waals surface area contributed by atoms with Crippen molar-refractivity contribution in [2.24, 2.45) is 0 Å². The van der Waals surface area contributed by atoms with Gasteiger partial charge in [-0.1, -0.05) is 30.3 Å². The van der Waals surface area contributed by atoms with E-state index < -0.39 is 0 Å². The van der Waals surface area contributed by atoms with Gasteiger partial charge in [-0.25, -0.2) is 4.68 Å². The lowest BCUT2D eigenvalue weighted by Crippen LogP contribution is -2.32. The van der Waals surface area contributed by atoms with Gasteiger partial charge in [0.05, 0.1) is 12.8 Å². The number of para-hydroxylation sites is 1. The predicted molar refractivity (Wildman–Crippen MR) is 116 cm³/mol. The number of ether oxygens (including phenoxy) is 2. The van der Waals surface area contributed by atoms with Gasteiger partial charge in [0, 0.05) is 16.0 Å². The number of nitrogens with zero attached hydrogens (tertiary/aromatic N) is 3. The molecule has 6 nitrogen and oxygen atoms in total. The highest BCUT2D eigenvalue weighted by Gasteiger charge is 2.41. The number of benzene rings is 2. The summed E-state index contributed by atoms with van der Waals surface area (Å²) in [6.45, 7) is 0. The number of fused-ring (bicyclic) bond motifs is 3. The average molecular weight is 414 g/mol. The minimum absolute atomic E-state index is 0.172. The molecule has 0 radical (unpaired) electrons. The molecule has 2 aliphatic rings. The fraction of sp³-hybridized carbons (Fsp3) is 0.130. The molecule has 0 saturated carbocycles. The first kappa shape index (κ1) is 17.3. The van der Waals surface area contributed by atoms with Crippen molar-refractivity contribution in [3.63, 3.8) is 0 Å². The lowest BCUT2D eigenvalue weighted by atomic mass is 9.86. The van der Waals surface area contributed by atoms with Gasteiger partial charge >= 0.3 is 0 Å². The summed E-state index contributed by atoms with van der Waals surface area (Å²) < 4.78 is 14.0. The zero-order valence-electron chi connectivity index (χ0n) is 16.1. The Labute approximate surface area is 177 Å². The van der Waals surface area contributed by atoms with E-state index in [-0.39, 0.29) is 12.1 Å². The zero-order chi connectivity index (χ0) is 20.1. The molecule has 0 bridgehead atoms. The molecule has 0 spiro atoms. The van der Waals surface area contributed by atoms with Gasteiger partial charge in [0.1, 0.15) is 23.9 Å². The Morgan fingerprint density at radius 2 is 2.03 bits per heavy atom. The molecule has 0 fully saturated rings. The lowest BCUT2D eigenvalue weighted by molar-refractivity contribution is 0.226. The number of hydrogen-bond donors (Lipinski definition) is 1. The molecule has 0 unspecified atom stereocenters. The molecule has 30 heavy (non-hydrogen) atoms. The molecule has 0 saturated heterocycles. The number of nitrogens with one attached hydrogen (secondary N) is 1. The topological polar surface area (TPSA) is 61.2 Å².